The number of aryl methyl sites for hydroxylation is 1. The summed E-state index contributed by atoms with van der Waals surface area (Å²) in [6.45, 7) is 10.4. The van der Waals surface area contributed by atoms with Gasteiger partial charge in [-0.05, 0) is 56.0 Å². The number of aliphatic imine (C=N–C) groups is 1. The molecule has 0 fully saturated rings. The van der Waals surface area contributed by atoms with E-state index in [2.05, 4.69) is 41.4 Å². The fourth-order valence-electron chi connectivity index (χ4n) is 5.07. The van der Waals surface area contributed by atoms with Gasteiger partial charge < -0.3 is 15.1 Å². The Labute approximate surface area is 205 Å². The van der Waals surface area contributed by atoms with Crippen molar-refractivity contribution in [1.29, 1.82) is 5.26 Å². The van der Waals surface area contributed by atoms with E-state index >= 15 is 0 Å². The van der Waals surface area contributed by atoms with Gasteiger partial charge in [-0.3, -0.25) is 9.79 Å². The van der Waals surface area contributed by atoms with E-state index in [0.29, 0.717) is 24.5 Å². The van der Waals surface area contributed by atoms with Crippen molar-refractivity contribution in [2.24, 2.45) is 4.99 Å². The second kappa shape index (κ2) is 8.99. The highest BCUT2D eigenvalue weighted by molar-refractivity contribution is 6.19. The molecule has 178 valence electrons. The minimum Gasteiger partial charge on any atom is -0.363 e. The molecule has 2 aromatic rings. The van der Waals surface area contributed by atoms with E-state index in [1.807, 2.05) is 30.9 Å². The maximum Gasteiger partial charge on any atom is 0.219 e. The van der Waals surface area contributed by atoms with Crippen LogP contribution in [0.3, 0.4) is 0 Å². The predicted molar refractivity (Wildman–Crippen MR) is 137 cm³/mol. The molecule has 1 amide bonds. The average Bonchev–Trinajstić information content (AvgIpc) is 3.34. The number of hydrogen-bond acceptors (Lipinski definition) is 7. The molecule has 3 aliphatic rings. The zero-order chi connectivity index (χ0) is 24.7. The van der Waals surface area contributed by atoms with Gasteiger partial charge >= 0.3 is 0 Å². The summed E-state index contributed by atoms with van der Waals surface area (Å²) in [6.07, 6.45) is 5.08. The molecule has 0 radical (unpaired) electrons. The van der Waals surface area contributed by atoms with Crippen LogP contribution < -0.4 is 10.2 Å². The molecule has 5 rings (SSSR count). The second-order valence-electron chi connectivity index (χ2n) is 9.21. The van der Waals surface area contributed by atoms with E-state index in [1.54, 1.807) is 6.92 Å². The number of amidine groups is 1. The molecule has 8 heteroatoms. The maximum absolute atomic E-state index is 11.8. The molecule has 0 bridgehead atoms. The van der Waals surface area contributed by atoms with Gasteiger partial charge in [0.25, 0.3) is 0 Å². The fourth-order valence-corrected chi connectivity index (χ4v) is 5.07. The van der Waals surface area contributed by atoms with Gasteiger partial charge in [0, 0.05) is 32.1 Å². The molecule has 1 N–H and O–H groups in total. The van der Waals surface area contributed by atoms with Gasteiger partial charge in [0.1, 0.15) is 23.3 Å². The average molecular weight is 468 g/mol. The van der Waals surface area contributed by atoms with Gasteiger partial charge in [-0.25, -0.2) is 9.97 Å². The number of nitrogens with one attached hydrogen (secondary N) is 1. The molecule has 0 aliphatic carbocycles. The van der Waals surface area contributed by atoms with Crippen LogP contribution in [-0.2, 0) is 4.79 Å². The molecule has 1 aromatic carbocycles. The summed E-state index contributed by atoms with van der Waals surface area (Å²) >= 11 is 0. The van der Waals surface area contributed by atoms with E-state index in [-0.39, 0.29) is 11.9 Å². The predicted octanol–water partition coefficient (Wildman–Crippen LogP) is 3.93. The van der Waals surface area contributed by atoms with Crippen molar-refractivity contribution in [2.45, 2.75) is 40.2 Å². The zero-order valence-corrected chi connectivity index (χ0v) is 20.6. The van der Waals surface area contributed by atoms with Crippen molar-refractivity contribution in [3.05, 3.63) is 63.5 Å². The van der Waals surface area contributed by atoms with Gasteiger partial charge in [-0.1, -0.05) is 18.2 Å². The lowest BCUT2D eigenvalue weighted by molar-refractivity contribution is -0.128. The lowest BCUT2D eigenvalue weighted by Crippen LogP contribution is -2.37. The van der Waals surface area contributed by atoms with Crippen molar-refractivity contribution in [2.75, 3.05) is 36.4 Å². The van der Waals surface area contributed by atoms with Gasteiger partial charge in [-0.2, -0.15) is 5.26 Å². The van der Waals surface area contributed by atoms with Crippen LogP contribution in [0.2, 0.25) is 0 Å². The first-order valence-corrected chi connectivity index (χ1v) is 12.0. The molecule has 1 unspecified atom stereocenters. The molecule has 0 saturated carbocycles. The SMILES string of the molecule is CC(=O)N1CC=C(C2=Cc3c(NC(C)c4cccc(C#N)c4C)nc(C)nc3N3CCN=C23)CC1. The van der Waals surface area contributed by atoms with E-state index < -0.39 is 0 Å². The largest absolute Gasteiger partial charge is 0.363 e. The Kier molecular flexibility index (Phi) is 5.85. The lowest BCUT2D eigenvalue weighted by atomic mass is 9.93. The minimum atomic E-state index is -0.0507. The highest BCUT2D eigenvalue weighted by Gasteiger charge is 2.33. The van der Waals surface area contributed by atoms with E-state index in [4.69, 9.17) is 15.0 Å². The van der Waals surface area contributed by atoms with Gasteiger partial charge in [-0.15, -0.1) is 0 Å². The first-order chi connectivity index (χ1) is 16.9. The third kappa shape index (κ3) is 4.08. The Morgan fingerprint density at radius 2 is 2.06 bits per heavy atom. The first-order valence-electron chi connectivity index (χ1n) is 12.0. The van der Waals surface area contributed by atoms with Crippen LogP contribution in [0.4, 0.5) is 11.6 Å². The topological polar surface area (TPSA) is 97.5 Å². The summed E-state index contributed by atoms with van der Waals surface area (Å²) in [5.74, 6) is 3.39. The smallest absolute Gasteiger partial charge is 0.219 e. The number of nitriles is 1. The number of carbonyl (C=O) groups is 1. The molecule has 4 heterocycles. The summed E-state index contributed by atoms with van der Waals surface area (Å²) in [7, 11) is 0. The second-order valence-corrected chi connectivity index (χ2v) is 9.21. The van der Waals surface area contributed by atoms with Crippen molar-refractivity contribution in [3.8, 4) is 6.07 Å². The summed E-state index contributed by atoms with van der Waals surface area (Å²) in [5, 5.41) is 13.1. The monoisotopic (exact) mass is 467 g/mol. The number of anilines is 2. The number of aromatic nitrogens is 2. The van der Waals surface area contributed by atoms with Crippen LogP contribution in [0.15, 0.2) is 40.4 Å². The third-order valence-corrected chi connectivity index (χ3v) is 6.98. The summed E-state index contributed by atoms with van der Waals surface area (Å²) < 4.78 is 0. The molecule has 3 aliphatic heterocycles. The maximum atomic E-state index is 11.8. The Morgan fingerprint density at radius 1 is 1.23 bits per heavy atom. The quantitative estimate of drug-likeness (QED) is 0.732. The number of hydrogen-bond donors (Lipinski definition) is 1. The Hall–Kier alpha value is -3.99. The molecule has 1 atom stereocenters. The molecular weight excluding hydrogens is 438 g/mol. The number of fused-ring (bicyclic) bond motifs is 3. The van der Waals surface area contributed by atoms with Gasteiger partial charge in [0.2, 0.25) is 5.91 Å². The van der Waals surface area contributed by atoms with Gasteiger partial charge in [0.05, 0.1) is 29.8 Å². The van der Waals surface area contributed by atoms with Crippen LogP contribution >= 0.6 is 0 Å². The fraction of sp³-hybridized carbons (Fsp3) is 0.370. The lowest BCUT2D eigenvalue weighted by Gasteiger charge is -2.32. The molecule has 0 saturated heterocycles. The number of amides is 1. The third-order valence-electron chi connectivity index (χ3n) is 6.98. The van der Waals surface area contributed by atoms with Crippen LogP contribution in [0.1, 0.15) is 54.4 Å². The van der Waals surface area contributed by atoms with Crippen LogP contribution in [0.25, 0.3) is 6.08 Å². The number of rotatable bonds is 4. The summed E-state index contributed by atoms with van der Waals surface area (Å²) in [5.41, 5.74) is 5.96. The molecule has 8 nitrogen and oxygen atoms in total. The molecule has 35 heavy (non-hydrogen) atoms. The number of carbonyl (C=O) groups excluding carboxylic acids is 1. The van der Waals surface area contributed by atoms with Crippen molar-refractivity contribution >= 4 is 29.5 Å². The van der Waals surface area contributed by atoms with E-state index in [0.717, 1.165) is 59.2 Å². The number of benzene rings is 1. The van der Waals surface area contributed by atoms with Crippen LogP contribution in [-0.4, -0.2) is 52.8 Å². The molecule has 1 aromatic heterocycles. The van der Waals surface area contributed by atoms with E-state index in [1.165, 1.54) is 5.57 Å². The minimum absolute atomic E-state index is 0.0507. The normalized spacial score (nSPS) is 17.5. The highest BCUT2D eigenvalue weighted by atomic mass is 16.2. The summed E-state index contributed by atoms with van der Waals surface area (Å²) in [4.78, 5) is 30.2. The van der Waals surface area contributed by atoms with Crippen LogP contribution in [0.5, 0.6) is 0 Å². The Bertz CT molecular complexity index is 1350. The zero-order valence-electron chi connectivity index (χ0n) is 20.6. The Balaban J connectivity index is 1.55. The molecular formula is C27H29N7O. The van der Waals surface area contributed by atoms with Crippen molar-refractivity contribution in [3.63, 3.8) is 0 Å². The first kappa shape index (κ1) is 22.8. The molecule has 0 spiro atoms. The van der Waals surface area contributed by atoms with E-state index in [9.17, 15) is 10.1 Å². The number of nitrogens with zero attached hydrogens (tertiary/aromatic N) is 6. The highest BCUT2D eigenvalue weighted by Crippen LogP contribution is 2.39. The Morgan fingerprint density at radius 3 is 2.77 bits per heavy atom. The summed E-state index contributed by atoms with van der Waals surface area (Å²) in [6, 6.07) is 8.04. The van der Waals surface area contributed by atoms with Crippen LogP contribution in [0, 0.1) is 25.2 Å². The van der Waals surface area contributed by atoms with Gasteiger partial charge in [0.15, 0.2) is 0 Å². The standard InChI is InChI=1S/C27H29N7O/c1-16-21(15-28)6-5-7-22(16)17(2)30-25-24-14-23(20-8-11-33(12-9-20)19(4)35)26-29-10-13-34(26)27(24)32-18(3)31-25/h5-8,14,17H,9-13H2,1-4H3,(H,30,31,32). The van der Waals surface area contributed by atoms with Crippen molar-refractivity contribution in [1.82, 2.24) is 14.9 Å². The van der Waals surface area contributed by atoms with Crippen molar-refractivity contribution < 1.29 is 4.79 Å².